The molecule has 122 valence electrons. The molecule has 1 aliphatic carbocycles. The lowest BCUT2D eigenvalue weighted by Crippen LogP contribution is -2.36. The van der Waals surface area contributed by atoms with Crippen LogP contribution >= 0.6 is 0 Å². The summed E-state index contributed by atoms with van der Waals surface area (Å²) >= 11 is 0. The van der Waals surface area contributed by atoms with Crippen molar-refractivity contribution in [2.24, 2.45) is 0 Å². The molecule has 0 heterocycles. The van der Waals surface area contributed by atoms with Crippen molar-refractivity contribution in [2.75, 3.05) is 7.11 Å². The Balaban J connectivity index is 1.51. The van der Waals surface area contributed by atoms with Gasteiger partial charge in [-0.05, 0) is 35.7 Å². The molecular weight excluding hydrogens is 302 g/mol. The summed E-state index contributed by atoms with van der Waals surface area (Å²) in [6, 6.07) is 17.1. The summed E-state index contributed by atoms with van der Waals surface area (Å²) in [5.74, 6) is 1.16. The van der Waals surface area contributed by atoms with Gasteiger partial charge in [0.15, 0.2) is 0 Å². The van der Waals surface area contributed by atoms with Gasteiger partial charge in [-0.25, -0.2) is 4.79 Å². The summed E-state index contributed by atoms with van der Waals surface area (Å²) in [7, 11) is 1.66. The van der Waals surface area contributed by atoms with Crippen LogP contribution in [0.25, 0.3) is 0 Å². The fourth-order valence-corrected chi connectivity index (χ4v) is 2.82. The SMILES string of the molecule is COc1ccccc1[C@H]1C[C@H]1NC(=O)NCc1cccc(C#N)c1. The van der Waals surface area contributed by atoms with E-state index in [-0.39, 0.29) is 12.1 Å². The fourth-order valence-electron chi connectivity index (χ4n) is 2.82. The van der Waals surface area contributed by atoms with E-state index in [1.165, 1.54) is 0 Å². The lowest BCUT2D eigenvalue weighted by atomic mass is 10.1. The van der Waals surface area contributed by atoms with E-state index >= 15 is 0 Å². The summed E-state index contributed by atoms with van der Waals surface area (Å²) in [6.07, 6.45) is 0.914. The maximum atomic E-state index is 12.0. The van der Waals surface area contributed by atoms with Crippen molar-refractivity contribution in [3.8, 4) is 11.8 Å². The molecule has 0 aromatic heterocycles. The highest BCUT2D eigenvalue weighted by Crippen LogP contribution is 2.44. The Morgan fingerprint density at radius 3 is 2.92 bits per heavy atom. The van der Waals surface area contributed by atoms with Gasteiger partial charge in [0.2, 0.25) is 0 Å². The van der Waals surface area contributed by atoms with E-state index in [1.807, 2.05) is 36.4 Å². The molecule has 5 nitrogen and oxygen atoms in total. The number of hydrogen-bond acceptors (Lipinski definition) is 3. The van der Waals surface area contributed by atoms with E-state index in [4.69, 9.17) is 10.00 Å². The molecule has 0 saturated heterocycles. The minimum Gasteiger partial charge on any atom is -0.496 e. The summed E-state index contributed by atoms with van der Waals surface area (Å²) in [5.41, 5.74) is 2.63. The van der Waals surface area contributed by atoms with Crippen LogP contribution in [0.2, 0.25) is 0 Å². The van der Waals surface area contributed by atoms with E-state index in [0.717, 1.165) is 23.3 Å². The zero-order valence-electron chi connectivity index (χ0n) is 13.5. The van der Waals surface area contributed by atoms with Gasteiger partial charge < -0.3 is 15.4 Å². The molecule has 0 radical (unpaired) electrons. The predicted octanol–water partition coefficient (Wildman–Crippen LogP) is 2.92. The highest BCUT2D eigenvalue weighted by Gasteiger charge is 2.41. The molecule has 2 aromatic carbocycles. The first-order chi connectivity index (χ1) is 11.7. The van der Waals surface area contributed by atoms with Crippen molar-refractivity contribution < 1.29 is 9.53 Å². The van der Waals surface area contributed by atoms with Crippen LogP contribution in [0, 0.1) is 11.3 Å². The molecule has 1 aliphatic rings. The third-order valence-corrected chi connectivity index (χ3v) is 4.15. The normalized spacial score (nSPS) is 18.3. The van der Waals surface area contributed by atoms with Crippen LogP contribution < -0.4 is 15.4 Å². The Labute approximate surface area is 141 Å². The van der Waals surface area contributed by atoms with E-state index in [9.17, 15) is 4.79 Å². The number of rotatable bonds is 5. The molecule has 0 spiro atoms. The Bertz CT molecular complexity index is 782. The zero-order valence-corrected chi connectivity index (χ0v) is 13.5. The van der Waals surface area contributed by atoms with Crippen LogP contribution in [0.5, 0.6) is 5.75 Å². The molecule has 0 unspecified atom stereocenters. The van der Waals surface area contributed by atoms with E-state index in [1.54, 1.807) is 19.2 Å². The molecule has 24 heavy (non-hydrogen) atoms. The van der Waals surface area contributed by atoms with Gasteiger partial charge in [0.25, 0.3) is 0 Å². The molecule has 5 heteroatoms. The maximum Gasteiger partial charge on any atom is 0.315 e. The third kappa shape index (κ3) is 3.66. The second kappa shape index (κ2) is 7.05. The summed E-state index contributed by atoms with van der Waals surface area (Å²) in [6.45, 7) is 0.396. The number of amides is 2. The number of urea groups is 1. The Kier molecular flexibility index (Phi) is 4.66. The Morgan fingerprint density at radius 2 is 2.12 bits per heavy atom. The number of carbonyl (C=O) groups excluding carboxylic acids is 1. The number of methoxy groups -OCH3 is 1. The fraction of sp³-hybridized carbons (Fsp3) is 0.263. The number of nitriles is 1. The molecule has 1 saturated carbocycles. The first-order valence-corrected chi connectivity index (χ1v) is 7.87. The Morgan fingerprint density at radius 1 is 1.29 bits per heavy atom. The highest BCUT2D eigenvalue weighted by molar-refractivity contribution is 5.75. The molecule has 2 aromatic rings. The molecule has 3 rings (SSSR count). The first kappa shape index (κ1) is 15.9. The molecule has 2 amide bonds. The number of nitrogens with zero attached hydrogens (tertiary/aromatic N) is 1. The van der Waals surface area contributed by atoms with Crippen LogP contribution in [-0.2, 0) is 6.54 Å². The van der Waals surface area contributed by atoms with Gasteiger partial charge in [-0.15, -0.1) is 0 Å². The van der Waals surface area contributed by atoms with Crippen molar-refractivity contribution in [2.45, 2.75) is 24.9 Å². The van der Waals surface area contributed by atoms with Crippen molar-refractivity contribution in [1.82, 2.24) is 10.6 Å². The minimum absolute atomic E-state index is 0.131. The largest absolute Gasteiger partial charge is 0.496 e. The Hall–Kier alpha value is -3.00. The standard InChI is InChI=1S/C19H19N3O2/c1-24-18-8-3-2-7-15(18)16-10-17(16)22-19(23)21-12-14-6-4-5-13(9-14)11-20/h2-9,16-17H,10,12H2,1H3,(H2,21,22,23)/t16-,17-/m1/s1. The summed E-state index contributed by atoms with van der Waals surface area (Å²) in [4.78, 5) is 12.0. The third-order valence-electron chi connectivity index (χ3n) is 4.15. The summed E-state index contributed by atoms with van der Waals surface area (Å²) < 4.78 is 5.37. The number of hydrogen-bond donors (Lipinski definition) is 2. The average Bonchev–Trinajstić information content (AvgIpc) is 3.39. The van der Waals surface area contributed by atoms with Crippen LogP contribution in [0.3, 0.4) is 0 Å². The van der Waals surface area contributed by atoms with Crippen molar-refractivity contribution >= 4 is 6.03 Å². The van der Waals surface area contributed by atoms with E-state index in [2.05, 4.69) is 16.7 Å². The van der Waals surface area contributed by atoms with Gasteiger partial charge >= 0.3 is 6.03 Å². The van der Waals surface area contributed by atoms with E-state index in [0.29, 0.717) is 18.0 Å². The lowest BCUT2D eigenvalue weighted by Gasteiger charge is -2.10. The number of para-hydroxylation sites is 1. The molecule has 0 aliphatic heterocycles. The molecular formula is C19H19N3O2. The van der Waals surface area contributed by atoms with Crippen molar-refractivity contribution in [3.05, 3.63) is 65.2 Å². The van der Waals surface area contributed by atoms with E-state index < -0.39 is 0 Å². The number of carbonyl (C=O) groups is 1. The average molecular weight is 321 g/mol. The predicted molar refractivity (Wildman–Crippen MR) is 90.7 cm³/mol. The van der Waals surface area contributed by atoms with Gasteiger partial charge in [-0.1, -0.05) is 30.3 Å². The summed E-state index contributed by atoms with van der Waals surface area (Å²) in [5, 5.41) is 14.7. The minimum atomic E-state index is -0.195. The van der Waals surface area contributed by atoms with Crippen LogP contribution in [-0.4, -0.2) is 19.2 Å². The van der Waals surface area contributed by atoms with Gasteiger partial charge in [0.05, 0.1) is 18.7 Å². The van der Waals surface area contributed by atoms with Gasteiger partial charge in [-0.3, -0.25) is 0 Å². The van der Waals surface area contributed by atoms with Crippen LogP contribution in [0.1, 0.15) is 29.0 Å². The maximum absolute atomic E-state index is 12.0. The van der Waals surface area contributed by atoms with Gasteiger partial charge in [0, 0.05) is 18.5 Å². The topological polar surface area (TPSA) is 74.2 Å². The van der Waals surface area contributed by atoms with Gasteiger partial charge in [-0.2, -0.15) is 5.26 Å². The monoisotopic (exact) mass is 321 g/mol. The quantitative estimate of drug-likeness (QED) is 0.889. The second-order valence-corrected chi connectivity index (χ2v) is 5.83. The van der Waals surface area contributed by atoms with Crippen molar-refractivity contribution in [1.29, 1.82) is 5.26 Å². The molecule has 2 N–H and O–H groups in total. The molecule has 0 bridgehead atoms. The van der Waals surface area contributed by atoms with Crippen LogP contribution in [0.15, 0.2) is 48.5 Å². The molecule has 1 fully saturated rings. The number of benzene rings is 2. The number of nitrogens with one attached hydrogen (secondary N) is 2. The zero-order chi connectivity index (χ0) is 16.9. The number of ether oxygens (including phenoxy) is 1. The van der Waals surface area contributed by atoms with Crippen LogP contribution in [0.4, 0.5) is 4.79 Å². The second-order valence-electron chi connectivity index (χ2n) is 5.83. The van der Waals surface area contributed by atoms with Crippen molar-refractivity contribution in [3.63, 3.8) is 0 Å². The highest BCUT2D eigenvalue weighted by atomic mass is 16.5. The lowest BCUT2D eigenvalue weighted by molar-refractivity contribution is 0.240. The van der Waals surface area contributed by atoms with Gasteiger partial charge in [0.1, 0.15) is 5.75 Å². The smallest absolute Gasteiger partial charge is 0.315 e. The first-order valence-electron chi connectivity index (χ1n) is 7.87. The molecule has 2 atom stereocenters.